The Bertz CT molecular complexity index is 1590. The summed E-state index contributed by atoms with van der Waals surface area (Å²) in [5, 5.41) is 4.13. The quantitative estimate of drug-likeness (QED) is 0.191. The summed E-state index contributed by atoms with van der Waals surface area (Å²) in [5.41, 5.74) is 4.00. The van der Waals surface area contributed by atoms with Crippen LogP contribution in [0.3, 0.4) is 0 Å². The fourth-order valence-corrected chi connectivity index (χ4v) is 6.12. The summed E-state index contributed by atoms with van der Waals surface area (Å²) in [4.78, 5) is 37.0. The maximum absolute atomic E-state index is 14.1. The zero-order valence-corrected chi connectivity index (χ0v) is 28.0. The number of nitrogens with zero attached hydrogens (tertiary/aromatic N) is 3. The molecule has 4 aromatic rings. The molecule has 3 aromatic carbocycles. The number of hydrogen-bond donors (Lipinski definition) is 2. The van der Waals surface area contributed by atoms with E-state index in [4.69, 9.17) is 14.2 Å². The Morgan fingerprint density at radius 1 is 0.872 bits per heavy atom. The number of hydrogen-bond acceptors (Lipinski definition) is 7. The first-order chi connectivity index (χ1) is 22.9. The number of likely N-dealkylation sites (N-methyl/N-ethyl adjacent to an activating group) is 1. The zero-order chi connectivity index (χ0) is 33.2. The first-order valence-electron chi connectivity index (χ1n) is 16.6. The number of H-pyrrole nitrogens is 1. The van der Waals surface area contributed by atoms with E-state index in [1.165, 1.54) is 5.69 Å². The summed E-state index contributed by atoms with van der Waals surface area (Å²) in [6, 6.07) is 21.4. The van der Waals surface area contributed by atoms with Gasteiger partial charge in [-0.25, -0.2) is 0 Å². The van der Waals surface area contributed by atoms with Crippen LogP contribution < -0.4 is 24.4 Å². The minimum atomic E-state index is -0.752. The van der Waals surface area contributed by atoms with Gasteiger partial charge in [-0.2, -0.15) is 0 Å². The molecular weight excluding hydrogens is 594 g/mol. The van der Waals surface area contributed by atoms with Crippen LogP contribution >= 0.6 is 0 Å². The van der Waals surface area contributed by atoms with Crippen LogP contribution in [0.25, 0.3) is 10.9 Å². The second kappa shape index (κ2) is 16.2. The van der Waals surface area contributed by atoms with Gasteiger partial charge in [-0.3, -0.25) is 14.5 Å². The number of anilines is 1. The monoisotopic (exact) mass is 641 g/mol. The van der Waals surface area contributed by atoms with Crippen molar-refractivity contribution in [3.05, 3.63) is 84.1 Å². The van der Waals surface area contributed by atoms with Gasteiger partial charge in [0.05, 0.1) is 26.4 Å². The SMILES string of the molecule is CCOc1cc(CN(C)C(=O)C(Cc2c[nH]c3ccccc23)NC(=O)CN2CCN(c3ccccc3)CC2)cc(OCC)c1OCC. The molecule has 1 saturated heterocycles. The number of aromatic amines is 1. The van der Waals surface area contributed by atoms with Crippen LogP contribution in [-0.2, 0) is 22.6 Å². The number of rotatable bonds is 15. The maximum atomic E-state index is 14.1. The summed E-state index contributed by atoms with van der Waals surface area (Å²) in [6.07, 6.45) is 2.29. The van der Waals surface area contributed by atoms with Crippen LogP contribution in [0.4, 0.5) is 5.69 Å². The topological polar surface area (TPSA) is 99.4 Å². The smallest absolute Gasteiger partial charge is 0.245 e. The number of para-hydroxylation sites is 2. The molecule has 1 aromatic heterocycles. The van der Waals surface area contributed by atoms with Gasteiger partial charge in [0.25, 0.3) is 0 Å². The van der Waals surface area contributed by atoms with E-state index < -0.39 is 6.04 Å². The highest BCUT2D eigenvalue weighted by atomic mass is 16.5. The number of carbonyl (C=O) groups is 2. The number of carbonyl (C=O) groups excluding carboxylic acids is 2. The molecule has 0 bridgehead atoms. The molecule has 1 aliphatic rings. The van der Waals surface area contributed by atoms with E-state index >= 15 is 0 Å². The molecular formula is C37H47N5O5. The van der Waals surface area contributed by atoms with Crippen molar-refractivity contribution in [2.75, 3.05) is 64.5 Å². The Kier molecular flexibility index (Phi) is 11.6. The molecule has 2 N–H and O–H groups in total. The maximum Gasteiger partial charge on any atom is 0.245 e. The van der Waals surface area contributed by atoms with Gasteiger partial charge >= 0.3 is 0 Å². The van der Waals surface area contributed by atoms with E-state index in [-0.39, 0.29) is 18.4 Å². The van der Waals surface area contributed by atoms with Gasteiger partial charge in [-0.05, 0) is 62.2 Å². The third-order valence-electron chi connectivity index (χ3n) is 8.36. The van der Waals surface area contributed by atoms with E-state index in [2.05, 4.69) is 32.2 Å². The summed E-state index contributed by atoms with van der Waals surface area (Å²) in [7, 11) is 1.76. The predicted molar refractivity (Wildman–Crippen MR) is 185 cm³/mol. The Labute approximate surface area is 277 Å². The predicted octanol–water partition coefficient (Wildman–Crippen LogP) is 4.87. The number of aromatic nitrogens is 1. The Hall–Kier alpha value is -4.70. The number of fused-ring (bicyclic) bond motifs is 1. The molecule has 10 nitrogen and oxygen atoms in total. The number of ether oxygens (including phenoxy) is 3. The van der Waals surface area contributed by atoms with Gasteiger partial charge < -0.3 is 34.3 Å². The molecule has 5 rings (SSSR count). The average molecular weight is 642 g/mol. The molecule has 1 unspecified atom stereocenters. The van der Waals surface area contributed by atoms with Crippen LogP contribution in [0.5, 0.6) is 17.2 Å². The second-order valence-electron chi connectivity index (χ2n) is 11.7. The van der Waals surface area contributed by atoms with E-state index in [0.29, 0.717) is 50.0 Å². The third-order valence-corrected chi connectivity index (χ3v) is 8.36. The highest BCUT2D eigenvalue weighted by molar-refractivity contribution is 5.90. The average Bonchev–Trinajstić information content (AvgIpc) is 3.49. The Balaban J connectivity index is 1.31. The summed E-state index contributed by atoms with van der Waals surface area (Å²) in [6.45, 7) is 10.9. The number of nitrogens with one attached hydrogen (secondary N) is 2. The van der Waals surface area contributed by atoms with Gasteiger partial charge in [0.1, 0.15) is 6.04 Å². The fraction of sp³-hybridized carbons (Fsp3) is 0.405. The highest BCUT2D eigenvalue weighted by Crippen LogP contribution is 2.39. The zero-order valence-electron chi connectivity index (χ0n) is 28.0. The van der Waals surface area contributed by atoms with Gasteiger partial charge in [0, 0.05) is 69.0 Å². The molecule has 1 atom stereocenters. The number of benzene rings is 3. The molecule has 0 aliphatic carbocycles. The van der Waals surface area contributed by atoms with Crippen LogP contribution in [0, 0.1) is 0 Å². The fourth-order valence-electron chi connectivity index (χ4n) is 6.12. The third kappa shape index (κ3) is 8.56. The van der Waals surface area contributed by atoms with Crippen molar-refractivity contribution in [1.82, 2.24) is 20.1 Å². The van der Waals surface area contributed by atoms with Crippen molar-refractivity contribution in [2.45, 2.75) is 39.8 Å². The van der Waals surface area contributed by atoms with Gasteiger partial charge in [0.2, 0.25) is 17.6 Å². The molecule has 2 amide bonds. The molecule has 47 heavy (non-hydrogen) atoms. The lowest BCUT2D eigenvalue weighted by atomic mass is 10.0. The first kappa shape index (κ1) is 33.7. The van der Waals surface area contributed by atoms with Crippen molar-refractivity contribution in [1.29, 1.82) is 0 Å². The van der Waals surface area contributed by atoms with Crippen molar-refractivity contribution in [3.63, 3.8) is 0 Å². The van der Waals surface area contributed by atoms with Gasteiger partial charge in [-0.1, -0.05) is 36.4 Å². The normalized spacial score (nSPS) is 14.1. The van der Waals surface area contributed by atoms with Crippen molar-refractivity contribution >= 4 is 28.4 Å². The lowest BCUT2D eigenvalue weighted by molar-refractivity contribution is -0.136. The molecule has 1 fully saturated rings. The molecule has 0 spiro atoms. The molecule has 250 valence electrons. The van der Waals surface area contributed by atoms with Crippen LogP contribution in [-0.4, -0.2) is 92.2 Å². The first-order valence-corrected chi connectivity index (χ1v) is 16.6. The lowest BCUT2D eigenvalue weighted by Crippen LogP contribution is -2.53. The standard InChI is InChI=1S/C37H47N5O5/c1-5-45-33-21-27(22-34(46-6-2)36(33)47-7-3)25-40(4)37(44)32(23-28-24-38-31-16-12-11-15-30(28)31)39-35(43)26-41-17-19-42(20-18-41)29-13-9-8-10-14-29/h8-16,21-22,24,32,38H,5-7,17-20,23,25-26H2,1-4H3,(H,39,43). The van der Waals surface area contributed by atoms with E-state index in [9.17, 15) is 9.59 Å². The summed E-state index contributed by atoms with van der Waals surface area (Å²) >= 11 is 0. The minimum Gasteiger partial charge on any atom is -0.490 e. The van der Waals surface area contributed by atoms with Crippen LogP contribution in [0.15, 0.2) is 72.9 Å². The van der Waals surface area contributed by atoms with E-state index in [0.717, 1.165) is 48.2 Å². The summed E-state index contributed by atoms with van der Waals surface area (Å²) < 4.78 is 17.7. The molecule has 0 radical (unpaired) electrons. The summed E-state index contributed by atoms with van der Waals surface area (Å²) in [5.74, 6) is 1.37. The molecule has 10 heteroatoms. The number of piperazine rings is 1. The van der Waals surface area contributed by atoms with Gasteiger partial charge in [-0.15, -0.1) is 0 Å². The van der Waals surface area contributed by atoms with Crippen molar-refractivity contribution in [3.8, 4) is 17.2 Å². The van der Waals surface area contributed by atoms with Gasteiger partial charge in [0.15, 0.2) is 11.5 Å². The number of amides is 2. The Morgan fingerprint density at radius 3 is 2.17 bits per heavy atom. The van der Waals surface area contributed by atoms with E-state index in [1.807, 2.05) is 81.6 Å². The molecule has 1 aliphatic heterocycles. The lowest BCUT2D eigenvalue weighted by Gasteiger charge is -2.36. The molecule has 2 heterocycles. The molecule has 0 saturated carbocycles. The van der Waals surface area contributed by atoms with Crippen molar-refractivity contribution < 1.29 is 23.8 Å². The van der Waals surface area contributed by atoms with E-state index in [1.54, 1.807) is 11.9 Å². The second-order valence-corrected chi connectivity index (χ2v) is 11.7. The Morgan fingerprint density at radius 2 is 1.51 bits per heavy atom. The highest BCUT2D eigenvalue weighted by Gasteiger charge is 2.28. The minimum absolute atomic E-state index is 0.164. The van der Waals surface area contributed by atoms with Crippen LogP contribution in [0.1, 0.15) is 31.9 Å². The van der Waals surface area contributed by atoms with Crippen molar-refractivity contribution in [2.24, 2.45) is 0 Å². The van der Waals surface area contributed by atoms with Crippen LogP contribution in [0.2, 0.25) is 0 Å². The largest absolute Gasteiger partial charge is 0.490 e.